The van der Waals surface area contributed by atoms with Crippen LogP contribution in [0.15, 0.2) is 60.7 Å². The molecule has 1 N–H and O–H groups in total. The third kappa shape index (κ3) is 6.86. The Morgan fingerprint density at radius 1 is 0.810 bits per heavy atom. The van der Waals surface area contributed by atoms with Crippen molar-refractivity contribution in [2.75, 3.05) is 73.6 Å². The molecule has 5 saturated heterocycles. The minimum Gasteiger partial charge on any atom is -0.371 e. The van der Waals surface area contributed by atoms with Gasteiger partial charge in [0.15, 0.2) is 0 Å². The fourth-order valence-corrected chi connectivity index (χ4v) is 10.5. The van der Waals surface area contributed by atoms with Crippen molar-refractivity contribution in [3.63, 3.8) is 0 Å². The first-order chi connectivity index (χ1) is 28.0. The molecule has 13 nitrogen and oxygen atoms in total. The highest BCUT2D eigenvalue weighted by Gasteiger charge is 2.46. The molecule has 9 rings (SSSR count). The number of nitrogens with zero attached hydrogens (tertiary/aromatic N) is 7. The second-order valence-corrected chi connectivity index (χ2v) is 17.3. The number of carbonyl (C=O) groups excluding carboxylic acids is 5. The Balaban J connectivity index is 0.754. The van der Waals surface area contributed by atoms with Crippen LogP contribution in [0.3, 0.4) is 0 Å². The number of rotatable bonds is 6. The zero-order valence-corrected chi connectivity index (χ0v) is 33.4. The second kappa shape index (κ2) is 15.1. The lowest BCUT2D eigenvalue weighted by Crippen LogP contribution is -2.54. The highest BCUT2D eigenvalue weighted by molar-refractivity contribution is 6.32. The molecule has 5 fully saturated rings. The number of hydrogen-bond donors (Lipinski definition) is 1. The number of anilines is 3. The normalized spacial score (nSPS) is 24.8. The minimum absolute atomic E-state index is 0.0666. The van der Waals surface area contributed by atoms with Crippen molar-refractivity contribution in [1.29, 1.82) is 5.26 Å². The van der Waals surface area contributed by atoms with Gasteiger partial charge in [-0.3, -0.25) is 39.1 Å². The number of carbonyl (C=O) groups is 5. The van der Waals surface area contributed by atoms with Crippen molar-refractivity contribution in [3.05, 3.63) is 87.9 Å². The predicted octanol–water partition coefficient (Wildman–Crippen LogP) is 4.53. The maximum atomic E-state index is 13.7. The summed E-state index contributed by atoms with van der Waals surface area (Å²) in [6.45, 7) is 9.71. The molecule has 3 aromatic carbocycles. The van der Waals surface area contributed by atoms with Crippen molar-refractivity contribution < 1.29 is 24.0 Å². The van der Waals surface area contributed by atoms with Gasteiger partial charge in [-0.1, -0.05) is 11.6 Å². The number of halogens is 1. The third-order valence-electron chi connectivity index (χ3n) is 13.5. The molecule has 0 saturated carbocycles. The molecule has 3 aromatic rings. The molecule has 58 heavy (non-hydrogen) atoms. The summed E-state index contributed by atoms with van der Waals surface area (Å²) < 4.78 is 0. The average molecular weight is 803 g/mol. The molecule has 1 unspecified atom stereocenters. The van der Waals surface area contributed by atoms with Gasteiger partial charge in [0.2, 0.25) is 11.8 Å². The molecule has 6 heterocycles. The van der Waals surface area contributed by atoms with Crippen LogP contribution in [-0.4, -0.2) is 121 Å². The van der Waals surface area contributed by atoms with Crippen molar-refractivity contribution >= 4 is 58.2 Å². The van der Waals surface area contributed by atoms with Gasteiger partial charge in [0.1, 0.15) is 12.1 Å². The smallest absolute Gasteiger partial charge is 0.262 e. The predicted molar refractivity (Wildman–Crippen MR) is 219 cm³/mol. The van der Waals surface area contributed by atoms with Crippen LogP contribution in [0.5, 0.6) is 0 Å². The Hall–Kier alpha value is -5.45. The van der Waals surface area contributed by atoms with E-state index in [1.54, 1.807) is 12.1 Å². The van der Waals surface area contributed by atoms with E-state index in [1.807, 2.05) is 41.3 Å². The number of nitrogens with one attached hydrogen (secondary N) is 1. The van der Waals surface area contributed by atoms with Crippen molar-refractivity contribution in [3.8, 4) is 6.07 Å². The van der Waals surface area contributed by atoms with Gasteiger partial charge in [-0.05, 0) is 105 Å². The number of imide groups is 2. The maximum Gasteiger partial charge on any atom is 0.262 e. The van der Waals surface area contributed by atoms with Gasteiger partial charge in [-0.2, -0.15) is 5.26 Å². The molecule has 0 aromatic heterocycles. The zero-order chi connectivity index (χ0) is 40.3. The van der Waals surface area contributed by atoms with E-state index in [-0.39, 0.29) is 41.3 Å². The molecule has 0 radical (unpaired) electrons. The first-order valence-corrected chi connectivity index (χ1v) is 20.8. The fraction of sp³-hybridized carbons (Fsp3) is 0.455. The Bertz CT molecular complexity index is 2220. The van der Waals surface area contributed by atoms with E-state index in [0.29, 0.717) is 35.3 Å². The van der Waals surface area contributed by atoms with Gasteiger partial charge in [0, 0.05) is 100 Å². The van der Waals surface area contributed by atoms with Crippen LogP contribution in [-0.2, 0) is 9.59 Å². The van der Waals surface area contributed by atoms with Gasteiger partial charge >= 0.3 is 0 Å². The molecule has 0 aliphatic carbocycles. The van der Waals surface area contributed by atoms with Crippen LogP contribution in [0.25, 0.3) is 0 Å². The third-order valence-corrected chi connectivity index (χ3v) is 13.9. The minimum atomic E-state index is -0.985. The molecule has 0 bridgehead atoms. The van der Waals surface area contributed by atoms with Gasteiger partial charge in [-0.25, -0.2) is 0 Å². The number of piperidine rings is 2. The average Bonchev–Trinajstić information content (AvgIpc) is 3.92. The highest BCUT2D eigenvalue weighted by atomic mass is 35.5. The largest absolute Gasteiger partial charge is 0.371 e. The van der Waals surface area contributed by atoms with Crippen molar-refractivity contribution in [2.45, 2.75) is 63.6 Å². The lowest BCUT2D eigenvalue weighted by Gasteiger charge is -2.40. The van der Waals surface area contributed by atoms with Gasteiger partial charge in [0.05, 0.1) is 21.7 Å². The van der Waals surface area contributed by atoms with E-state index in [1.165, 1.54) is 0 Å². The molecule has 1 spiro atoms. The van der Waals surface area contributed by atoms with E-state index < -0.39 is 29.7 Å². The summed E-state index contributed by atoms with van der Waals surface area (Å²) in [5.41, 5.74) is 5.11. The maximum absolute atomic E-state index is 13.7. The monoisotopic (exact) mass is 802 g/mol. The zero-order valence-electron chi connectivity index (χ0n) is 32.7. The first-order valence-electron chi connectivity index (χ1n) is 20.5. The van der Waals surface area contributed by atoms with Crippen molar-refractivity contribution in [1.82, 2.24) is 20.0 Å². The van der Waals surface area contributed by atoms with Crippen LogP contribution in [0, 0.1) is 16.7 Å². The molecule has 300 valence electrons. The number of hydrogen-bond acceptors (Lipinski definition) is 10. The number of amides is 5. The second-order valence-electron chi connectivity index (χ2n) is 16.9. The van der Waals surface area contributed by atoms with Crippen LogP contribution in [0.2, 0.25) is 5.02 Å². The molecule has 5 amide bonds. The van der Waals surface area contributed by atoms with E-state index in [2.05, 4.69) is 50.0 Å². The Kier molecular flexibility index (Phi) is 9.88. The Morgan fingerprint density at radius 2 is 1.50 bits per heavy atom. The highest BCUT2D eigenvalue weighted by Crippen LogP contribution is 2.46. The van der Waals surface area contributed by atoms with E-state index in [9.17, 15) is 29.2 Å². The summed E-state index contributed by atoms with van der Waals surface area (Å²) in [6, 6.07) is 21.0. The molecular weight excluding hydrogens is 756 g/mol. The molecule has 3 atom stereocenters. The van der Waals surface area contributed by atoms with E-state index in [0.717, 1.165) is 93.5 Å². The number of piperazine rings is 1. The summed E-state index contributed by atoms with van der Waals surface area (Å²) in [7, 11) is 0. The van der Waals surface area contributed by atoms with Crippen LogP contribution in [0.4, 0.5) is 17.1 Å². The van der Waals surface area contributed by atoms with Gasteiger partial charge in [-0.15, -0.1) is 0 Å². The number of nitriles is 1. The van der Waals surface area contributed by atoms with Gasteiger partial charge < -0.3 is 19.6 Å². The topological polar surface area (TPSA) is 141 Å². The summed E-state index contributed by atoms with van der Waals surface area (Å²) >= 11 is 6.38. The van der Waals surface area contributed by atoms with E-state index in [4.69, 9.17) is 11.6 Å². The van der Waals surface area contributed by atoms with Crippen molar-refractivity contribution in [2.24, 2.45) is 5.41 Å². The molecule has 14 heteroatoms. The summed E-state index contributed by atoms with van der Waals surface area (Å²) in [4.78, 5) is 76.8. The SMILES string of the molecule is C[C@H]1CC2(CCN(c3ccc(C(=O)N4CC[C@H](N5CCN(c6ccc7c(c6)C(=O)N(C6CCC(=O)NC6=O)C7=O)CC5)C4)cc3)CC2)CN1c1ccc(C#N)c(Cl)c1. The molecular formula is C44H47ClN8O5. The standard InChI is InChI=1S/C44H47ClN8O5/c1-28-24-44(27-52(28)33-7-4-30(25-46)37(45)23-33)13-16-48(17-14-44)31-5-2-29(3-6-31)41(56)51-15-12-34(26-51)50-20-18-49(19-21-50)32-8-9-35-36(22-32)43(58)53(42(35)57)38-10-11-39(54)47-40(38)55/h2-9,22-23,28,34,38H,10-21,24,26-27H2,1H3,(H,47,54,55)/t28-,34-,38?/m0/s1. The van der Waals surface area contributed by atoms with Crippen LogP contribution in [0.1, 0.15) is 82.1 Å². The quantitative estimate of drug-likeness (QED) is 0.354. The van der Waals surface area contributed by atoms with Gasteiger partial charge in [0.25, 0.3) is 17.7 Å². The van der Waals surface area contributed by atoms with Crippen LogP contribution < -0.4 is 20.0 Å². The Morgan fingerprint density at radius 3 is 2.21 bits per heavy atom. The first kappa shape index (κ1) is 38.1. The fourth-order valence-electron chi connectivity index (χ4n) is 10.3. The van der Waals surface area contributed by atoms with E-state index >= 15 is 0 Å². The number of fused-ring (bicyclic) bond motifs is 1. The summed E-state index contributed by atoms with van der Waals surface area (Å²) in [5, 5.41) is 12.0. The Labute approximate surface area is 343 Å². The number of benzene rings is 3. The lowest BCUT2D eigenvalue weighted by molar-refractivity contribution is -0.136. The molecule has 6 aliphatic rings. The lowest BCUT2D eigenvalue weighted by atomic mass is 9.76. The molecule has 6 aliphatic heterocycles. The summed E-state index contributed by atoms with van der Waals surface area (Å²) in [5.74, 6) is -1.95. The summed E-state index contributed by atoms with van der Waals surface area (Å²) in [6.07, 6.45) is 4.46. The van der Waals surface area contributed by atoms with Crippen LogP contribution >= 0.6 is 11.6 Å². The number of likely N-dealkylation sites (tertiary alicyclic amines) is 1.